The second-order valence-electron chi connectivity index (χ2n) is 6.18. The Morgan fingerprint density at radius 3 is 2.54 bits per heavy atom. The third kappa shape index (κ3) is 4.16. The molecule has 0 N–H and O–H groups in total. The van der Waals surface area contributed by atoms with Crippen molar-refractivity contribution in [3.63, 3.8) is 0 Å². The number of halogens is 1. The van der Waals surface area contributed by atoms with E-state index in [0.717, 1.165) is 17.3 Å². The summed E-state index contributed by atoms with van der Waals surface area (Å²) in [5.41, 5.74) is 0.360. The van der Waals surface area contributed by atoms with E-state index in [0.29, 0.717) is 12.0 Å². The van der Waals surface area contributed by atoms with Crippen LogP contribution in [0.25, 0.3) is 0 Å². The quantitative estimate of drug-likeness (QED) is 0.684. The van der Waals surface area contributed by atoms with Gasteiger partial charge in [0.05, 0.1) is 17.1 Å². The Labute approximate surface area is 149 Å². The fourth-order valence-electron chi connectivity index (χ4n) is 2.95. The minimum absolute atomic E-state index is 0.00875. The number of nitrogens with zero attached hydrogens (tertiary/aromatic N) is 1. The summed E-state index contributed by atoms with van der Waals surface area (Å²) in [7, 11) is -3.07. The highest BCUT2D eigenvalue weighted by Crippen LogP contribution is 2.32. The summed E-state index contributed by atoms with van der Waals surface area (Å²) in [5, 5.41) is 0. The lowest BCUT2D eigenvalue weighted by Gasteiger charge is -2.28. The van der Waals surface area contributed by atoms with E-state index in [9.17, 15) is 18.0 Å². The molecule has 0 aromatic heterocycles. The topological polar surface area (TPSA) is 80.8 Å². The number of benzene rings is 1. The maximum atomic E-state index is 12.5. The van der Waals surface area contributed by atoms with Crippen LogP contribution in [0.4, 0.5) is 0 Å². The molecule has 8 heteroatoms. The fourth-order valence-corrected chi connectivity index (χ4v) is 5.06. The lowest BCUT2D eigenvalue weighted by molar-refractivity contribution is -0.137. The first-order chi connectivity index (χ1) is 11.4. The average Bonchev–Trinajstić information content (AvgIpc) is 3.28. The van der Waals surface area contributed by atoms with Crippen molar-refractivity contribution in [1.29, 1.82) is 0 Å². The van der Waals surface area contributed by atoms with Gasteiger partial charge in [0.25, 0.3) is 5.91 Å². The van der Waals surface area contributed by atoms with Crippen LogP contribution in [0.5, 0.6) is 0 Å². The molecule has 1 aliphatic heterocycles. The van der Waals surface area contributed by atoms with Gasteiger partial charge in [0.2, 0.25) is 0 Å². The van der Waals surface area contributed by atoms with E-state index in [4.69, 9.17) is 4.74 Å². The highest BCUT2D eigenvalue weighted by atomic mass is 79.9. The molecule has 0 radical (unpaired) electrons. The zero-order valence-electron chi connectivity index (χ0n) is 13.0. The van der Waals surface area contributed by atoms with Crippen molar-refractivity contribution in [2.75, 3.05) is 18.1 Å². The highest BCUT2D eigenvalue weighted by molar-refractivity contribution is 9.10. The average molecular weight is 416 g/mol. The second-order valence-corrected chi connectivity index (χ2v) is 9.32. The van der Waals surface area contributed by atoms with E-state index in [1.165, 1.54) is 0 Å². The number of esters is 1. The van der Waals surface area contributed by atoms with Crippen LogP contribution < -0.4 is 0 Å². The lowest BCUT2D eigenvalue weighted by atomic mass is 10.2. The van der Waals surface area contributed by atoms with Crippen LogP contribution in [0.15, 0.2) is 28.7 Å². The molecule has 1 atom stereocenters. The van der Waals surface area contributed by atoms with Gasteiger partial charge in [-0.25, -0.2) is 13.2 Å². The predicted octanol–water partition coefficient (Wildman–Crippen LogP) is 1.78. The molecule has 2 fully saturated rings. The van der Waals surface area contributed by atoms with Crippen molar-refractivity contribution < 1.29 is 22.7 Å². The van der Waals surface area contributed by atoms with E-state index in [-0.39, 0.29) is 36.1 Å². The summed E-state index contributed by atoms with van der Waals surface area (Å²) in [5.74, 6) is -0.761. The molecule has 2 aliphatic rings. The smallest absolute Gasteiger partial charge is 0.338 e. The molecule has 1 aromatic rings. The van der Waals surface area contributed by atoms with E-state index in [1.54, 1.807) is 29.2 Å². The van der Waals surface area contributed by atoms with Crippen molar-refractivity contribution in [3.05, 3.63) is 34.3 Å². The van der Waals surface area contributed by atoms with Gasteiger partial charge in [0, 0.05) is 16.6 Å². The number of sulfone groups is 1. The molecule has 1 amide bonds. The Hall–Kier alpha value is -1.41. The van der Waals surface area contributed by atoms with Crippen LogP contribution >= 0.6 is 15.9 Å². The summed E-state index contributed by atoms with van der Waals surface area (Å²) in [6.45, 7) is -0.363. The number of hydrogen-bond donors (Lipinski definition) is 0. The maximum absolute atomic E-state index is 12.5. The zero-order chi connectivity index (χ0) is 17.3. The van der Waals surface area contributed by atoms with Gasteiger partial charge in [-0.2, -0.15) is 0 Å². The predicted molar refractivity (Wildman–Crippen MR) is 91.4 cm³/mol. The lowest BCUT2D eigenvalue weighted by Crippen LogP contribution is -2.44. The first-order valence-electron chi connectivity index (χ1n) is 7.80. The Morgan fingerprint density at radius 1 is 1.21 bits per heavy atom. The van der Waals surface area contributed by atoms with Crippen molar-refractivity contribution >= 4 is 37.6 Å². The third-order valence-electron chi connectivity index (χ3n) is 4.22. The molecule has 0 unspecified atom stereocenters. The molecule has 1 saturated heterocycles. The van der Waals surface area contributed by atoms with Gasteiger partial charge in [0.1, 0.15) is 0 Å². The summed E-state index contributed by atoms with van der Waals surface area (Å²) < 4.78 is 29.2. The van der Waals surface area contributed by atoms with Crippen LogP contribution in [-0.4, -0.2) is 55.4 Å². The number of ether oxygens (including phenoxy) is 1. The minimum Gasteiger partial charge on any atom is -0.452 e. The molecule has 0 spiro atoms. The maximum Gasteiger partial charge on any atom is 0.338 e. The number of carbonyl (C=O) groups excluding carboxylic acids is 2. The van der Waals surface area contributed by atoms with Gasteiger partial charge in [0.15, 0.2) is 16.4 Å². The summed E-state index contributed by atoms with van der Waals surface area (Å²) in [6.07, 6.45) is 2.22. The highest BCUT2D eigenvalue weighted by Gasteiger charge is 2.42. The minimum atomic E-state index is -3.07. The van der Waals surface area contributed by atoms with E-state index in [2.05, 4.69) is 15.9 Å². The molecule has 6 nitrogen and oxygen atoms in total. The van der Waals surface area contributed by atoms with Gasteiger partial charge in [-0.15, -0.1) is 0 Å². The first-order valence-corrected chi connectivity index (χ1v) is 10.4. The second kappa shape index (κ2) is 6.84. The van der Waals surface area contributed by atoms with Gasteiger partial charge >= 0.3 is 5.97 Å². The van der Waals surface area contributed by atoms with Gasteiger partial charge in [-0.1, -0.05) is 22.0 Å². The molecular weight excluding hydrogens is 398 g/mol. The molecule has 1 heterocycles. The van der Waals surface area contributed by atoms with Crippen LogP contribution in [0.1, 0.15) is 29.6 Å². The summed E-state index contributed by atoms with van der Waals surface area (Å²) >= 11 is 3.28. The van der Waals surface area contributed by atoms with E-state index >= 15 is 0 Å². The molecular formula is C16H18BrNO5S. The van der Waals surface area contributed by atoms with E-state index in [1.807, 2.05) is 0 Å². The van der Waals surface area contributed by atoms with Crippen LogP contribution in [0.2, 0.25) is 0 Å². The molecule has 1 aliphatic carbocycles. The number of hydrogen-bond acceptors (Lipinski definition) is 5. The van der Waals surface area contributed by atoms with Crippen molar-refractivity contribution in [2.24, 2.45) is 0 Å². The van der Waals surface area contributed by atoms with Crippen LogP contribution in [0.3, 0.4) is 0 Å². The van der Waals surface area contributed by atoms with Gasteiger partial charge in [-0.3, -0.25) is 4.79 Å². The molecule has 130 valence electrons. The largest absolute Gasteiger partial charge is 0.452 e. The molecule has 0 bridgehead atoms. The Kier molecular flexibility index (Phi) is 4.96. The molecule has 3 rings (SSSR count). The van der Waals surface area contributed by atoms with E-state index < -0.39 is 15.8 Å². The van der Waals surface area contributed by atoms with Crippen LogP contribution in [0, 0.1) is 0 Å². The van der Waals surface area contributed by atoms with Crippen molar-refractivity contribution in [3.8, 4) is 0 Å². The standard InChI is InChI=1S/C16H18BrNO5S/c17-12-3-1-2-11(8-12)16(20)23-9-15(19)18(13-4-5-13)14-6-7-24(21,22)10-14/h1-3,8,13-14H,4-7,9-10H2/t14-/m0/s1. The number of carbonyl (C=O) groups is 2. The normalized spacial score (nSPS) is 22.1. The van der Waals surface area contributed by atoms with Gasteiger partial charge < -0.3 is 9.64 Å². The summed E-state index contributed by atoms with van der Waals surface area (Å²) in [6, 6.07) is 6.52. The Balaban J connectivity index is 1.61. The monoisotopic (exact) mass is 415 g/mol. The van der Waals surface area contributed by atoms with Crippen molar-refractivity contribution in [1.82, 2.24) is 4.90 Å². The number of amides is 1. The Morgan fingerprint density at radius 2 is 1.96 bits per heavy atom. The van der Waals surface area contributed by atoms with Crippen LogP contribution in [-0.2, 0) is 19.4 Å². The SMILES string of the molecule is O=C(OCC(=O)N(C1CC1)[C@H]1CCS(=O)(=O)C1)c1cccc(Br)c1. The zero-order valence-corrected chi connectivity index (χ0v) is 15.4. The third-order valence-corrected chi connectivity index (χ3v) is 6.46. The molecule has 1 aromatic carbocycles. The number of rotatable bonds is 5. The fraction of sp³-hybridized carbons (Fsp3) is 0.500. The first kappa shape index (κ1) is 17.4. The van der Waals surface area contributed by atoms with Gasteiger partial charge in [-0.05, 0) is 37.5 Å². The Bertz CT molecular complexity index is 759. The molecule has 24 heavy (non-hydrogen) atoms. The van der Waals surface area contributed by atoms with Crippen molar-refractivity contribution in [2.45, 2.75) is 31.3 Å². The summed E-state index contributed by atoms with van der Waals surface area (Å²) in [4.78, 5) is 26.1. The molecule has 1 saturated carbocycles.